The molecule has 4 nitrogen and oxygen atoms in total. The van der Waals surface area contributed by atoms with Crippen LogP contribution in [0.25, 0.3) is 0 Å². The van der Waals surface area contributed by atoms with Crippen molar-refractivity contribution < 1.29 is 13.2 Å². The topological polar surface area (TPSA) is 77.2 Å². The second-order valence-corrected chi connectivity index (χ2v) is 4.84. The van der Waals surface area contributed by atoms with Crippen molar-refractivity contribution in [3.63, 3.8) is 0 Å². The zero-order valence-corrected chi connectivity index (χ0v) is 9.03. The van der Waals surface area contributed by atoms with E-state index in [2.05, 4.69) is 0 Å². The monoisotopic (exact) mass is 253 g/mol. The molecule has 0 aliphatic rings. The maximum atomic E-state index is 10.9. The molecule has 1 rings (SSSR count). The van der Waals surface area contributed by atoms with E-state index < -0.39 is 15.3 Å². The molecule has 0 amide bonds. The first-order valence-corrected chi connectivity index (χ1v) is 5.64. The number of hydrogen-bond acceptors (Lipinski definition) is 3. The summed E-state index contributed by atoms with van der Waals surface area (Å²) in [7, 11) is -3.88. The van der Waals surface area contributed by atoms with Gasteiger partial charge in [0.15, 0.2) is 0 Å². The second kappa shape index (κ2) is 3.86. The highest BCUT2D eigenvalue weighted by Crippen LogP contribution is 2.19. The van der Waals surface area contributed by atoms with Crippen molar-refractivity contribution in [3.05, 3.63) is 28.8 Å². The van der Waals surface area contributed by atoms with Gasteiger partial charge in [-0.15, -0.1) is 0 Å². The van der Waals surface area contributed by atoms with Crippen molar-refractivity contribution in [2.45, 2.75) is 4.90 Å². The van der Waals surface area contributed by atoms with Crippen molar-refractivity contribution in [3.8, 4) is 0 Å². The number of nitrogens with two attached hydrogens (primary N) is 1. The van der Waals surface area contributed by atoms with Crippen LogP contribution in [0.1, 0.15) is 10.4 Å². The molecule has 0 fully saturated rings. The van der Waals surface area contributed by atoms with E-state index in [-0.39, 0.29) is 15.5 Å². The molecule has 1 aromatic rings. The van der Waals surface area contributed by atoms with Crippen LogP contribution in [0.5, 0.6) is 0 Å². The highest BCUT2D eigenvalue weighted by molar-refractivity contribution is 7.89. The maximum absolute atomic E-state index is 10.9. The van der Waals surface area contributed by atoms with Gasteiger partial charge in [-0.05, 0) is 29.8 Å². The SMILES string of the molecule is NS(=O)(=O)c1cc(Cl)cc(C(=O)Cl)c1. The summed E-state index contributed by atoms with van der Waals surface area (Å²) in [4.78, 5) is 10.5. The molecule has 2 N–H and O–H groups in total. The molecule has 0 unspecified atom stereocenters. The summed E-state index contributed by atoms with van der Waals surface area (Å²) in [6.45, 7) is 0. The summed E-state index contributed by atoms with van der Waals surface area (Å²) in [5, 5.41) is 4.14. The number of primary sulfonamides is 1. The Hall–Kier alpha value is -0.620. The zero-order valence-electron chi connectivity index (χ0n) is 6.70. The smallest absolute Gasteiger partial charge is 0.252 e. The first-order chi connectivity index (χ1) is 6.30. The average molecular weight is 254 g/mol. The zero-order chi connectivity index (χ0) is 10.9. The molecule has 0 aliphatic carbocycles. The van der Waals surface area contributed by atoms with E-state index in [1.165, 1.54) is 6.07 Å². The van der Waals surface area contributed by atoms with Gasteiger partial charge in [0.2, 0.25) is 10.0 Å². The van der Waals surface area contributed by atoms with E-state index in [0.717, 1.165) is 12.1 Å². The predicted octanol–water partition coefficient (Wildman–Crippen LogP) is 1.37. The summed E-state index contributed by atoms with van der Waals surface area (Å²) in [5.74, 6) is 0. The van der Waals surface area contributed by atoms with E-state index in [1.807, 2.05) is 0 Å². The Labute approximate surface area is 90.7 Å². The lowest BCUT2D eigenvalue weighted by Crippen LogP contribution is -2.12. The lowest BCUT2D eigenvalue weighted by atomic mass is 10.2. The van der Waals surface area contributed by atoms with Crippen LogP contribution in [0, 0.1) is 0 Å². The Kier molecular flexibility index (Phi) is 3.16. The summed E-state index contributed by atoms with van der Waals surface area (Å²) >= 11 is 10.7. The quantitative estimate of drug-likeness (QED) is 0.809. The lowest BCUT2D eigenvalue weighted by molar-refractivity contribution is 0.108. The molecule has 7 heteroatoms. The summed E-state index contributed by atoms with van der Waals surface area (Å²) in [6, 6.07) is 3.46. The van der Waals surface area contributed by atoms with Crippen LogP contribution in [-0.2, 0) is 10.0 Å². The Morgan fingerprint density at radius 2 is 1.86 bits per heavy atom. The molecule has 76 valence electrons. The third kappa shape index (κ3) is 2.68. The van der Waals surface area contributed by atoms with E-state index >= 15 is 0 Å². The summed E-state index contributed by atoms with van der Waals surface area (Å²) in [5.41, 5.74) is -0.0109. The number of rotatable bonds is 2. The Bertz CT molecular complexity index is 484. The molecule has 0 saturated carbocycles. The van der Waals surface area contributed by atoms with Gasteiger partial charge < -0.3 is 0 Å². The number of benzene rings is 1. The molecule has 14 heavy (non-hydrogen) atoms. The van der Waals surface area contributed by atoms with Gasteiger partial charge >= 0.3 is 0 Å². The Morgan fingerprint density at radius 3 is 2.29 bits per heavy atom. The van der Waals surface area contributed by atoms with Gasteiger partial charge in [-0.3, -0.25) is 4.79 Å². The third-order valence-electron chi connectivity index (χ3n) is 1.43. The van der Waals surface area contributed by atoms with Gasteiger partial charge in [0.05, 0.1) is 4.90 Å². The number of halogens is 2. The van der Waals surface area contributed by atoms with E-state index in [4.69, 9.17) is 28.3 Å². The van der Waals surface area contributed by atoms with Gasteiger partial charge in [-0.1, -0.05) is 11.6 Å². The molecule has 0 radical (unpaired) electrons. The first kappa shape index (κ1) is 11.5. The minimum atomic E-state index is -3.88. The molecule has 0 bridgehead atoms. The molecule has 0 saturated heterocycles. The molecule has 1 aromatic carbocycles. The van der Waals surface area contributed by atoms with Crippen LogP contribution >= 0.6 is 23.2 Å². The largest absolute Gasteiger partial charge is 0.276 e. The number of carbonyl (C=O) groups excluding carboxylic acids is 1. The minimum absolute atomic E-state index is 0.0109. The van der Waals surface area contributed by atoms with Crippen LogP contribution in [0.3, 0.4) is 0 Å². The van der Waals surface area contributed by atoms with Crippen LogP contribution in [0.2, 0.25) is 5.02 Å². The van der Waals surface area contributed by atoms with Gasteiger partial charge in [0.25, 0.3) is 5.24 Å². The summed E-state index contributed by atoms with van der Waals surface area (Å²) < 4.78 is 21.8. The molecular formula is C7H5Cl2NO3S. The first-order valence-electron chi connectivity index (χ1n) is 3.34. The number of carbonyl (C=O) groups is 1. The minimum Gasteiger partial charge on any atom is -0.276 e. The summed E-state index contributed by atoms with van der Waals surface area (Å²) in [6.07, 6.45) is 0. The van der Waals surface area contributed by atoms with E-state index in [1.54, 1.807) is 0 Å². The van der Waals surface area contributed by atoms with Crippen molar-refractivity contribution >= 4 is 38.5 Å². The van der Waals surface area contributed by atoms with Crippen LogP contribution in [0.4, 0.5) is 0 Å². The van der Waals surface area contributed by atoms with Gasteiger partial charge in [-0.25, -0.2) is 13.6 Å². The van der Waals surface area contributed by atoms with Crippen molar-refractivity contribution in [2.24, 2.45) is 5.14 Å². The van der Waals surface area contributed by atoms with Gasteiger partial charge in [0, 0.05) is 10.6 Å². The van der Waals surface area contributed by atoms with Crippen molar-refractivity contribution in [1.29, 1.82) is 0 Å². The fraction of sp³-hybridized carbons (Fsp3) is 0. The van der Waals surface area contributed by atoms with Gasteiger partial charge in [0.1, 0.15) is 0 Å². The molecule has 0 atom stereocenters. The van der Waals surface area contributed by atoms with Crippen LogP contribution in [0.15, 0.2) is 23.1 Å². The van der Waals surface area contributed by atoms with Gasteiger partial charge in [-0.2, -0.15) is 0 Å². The number of sulfonamides is 1. The molecule has 0 aliphatic heterocycles. The molecular weight excluding hydrogens is 249 g/mol. The second-order valence-electron chi connectivity index (χ2n) is 2.49. The maximum Gasteiger partial charge on any atom is 0.252 e. The Morgan fingerprint density at radius 1 is 1.29 bits per heavy atom. The predicted molar refractivity (Wildman–Crippen MR) is 53.0 cm³/mol. The van der Waals surface area contributed by atoms with E-state index in [9.17, 15) is 13.2 Å². The fourth-order valence-electron chi connectivity index (χ4n) is 0.840. The average Bonchev–Trinajstić information content (AvgIpc) is 2.01. The molecule has 0 aromatic heterocycles. The number of hydrogen-bond donors (Lipinski definition) is 1. The molecule has 0 heterocycles. The normalized spacial score (nSPS) is 11.4. The van der Waals surface area contributed by atoms with E-state index in [0.29, 0.717) is 0 Å². The van der Waals surface area contributed by atoms with Crippen LogP contribution < -0.4 is 5.14 Å². The fourth-order valence-corrected chi connectivity index (χ4v) is 1.83. The highest BCUT2D eigenvalue weighted by atomic mass is 35.5. The van der Waals surface area contributed by atoms with Crippen LogP contribution in [-0.4, -0.2) is 13.7 Å². The standard InChI is InChI=1S/C7H5Cl2NO3S/c8-5-1-4(7(9)11)2-6(3-5)14(10,12)13/h1-3H,(H2,10,12,13). The lowest BCUT2D eigenvalue weighted by Gasteiger charge is -2.01. The van der Waals surface area contributed by atoms with Crippen molar-refractivity contribution in [1.82, 2.24) is 0 Å². The van der Waals surface area contributed by atoms with Crippen molar-refractivity contribution in [2.75, 3.05) is 0 Å². The highest BCUT2D eigenvalue weighted by Gasteiger charge is 2.12. The Balaban J connectivity index is 3.43. The third-order valence-corrected chi connectivity index (χ3v) is 2.76. The molecule has 0 spiro atoms.